The average molecular weight is 296 g/mol. The molecule has 1 heterocycles. The Bertz CT molecular complexity index is 386. The van der Waals surface area contributed by atoms with Crippen molar-refractivity contribution in [2.75, 3.05) is 13.7 Å². The maximum absolute atomic E-state index is 5.31. The SMILES string of the molecule is CCCCNCc1sc(C2CCCCC2)nc1COC. The molecule has 20 heavy (non-hydrogen) atoms. The lowest BCUT2D eigenvalue weighted by Crippen LogP contribution is -2.14. The maximum Gasteiger partial charge on any atom is 0.0963 e. The van der Waals surface area contributed by atoms with Crippen molar-refractivity contribution in [2.24, 2.45) is 0 Å². The van der Waals surface area contributed by atoms with Crippen LogP contribution in [0, 0.1) is 0 Å². The highest BCUT2D eigenvalue weighted by Crippen LogP contribution is 2.36. The predicted octanol–water partition coefficient (Wildman–Crippen LogP) is 4.23. The molecule has 1 aromatic heterocycles. The molecule has 4 heteroatoms. The van der Waals surface area contributed by atoms with Gasteiger partial charge < -0.3 is 10.1 Å². The van der Waals surface area contributed by atoms with Crippen LogP contribution in [-0.4, -0.2) is 18.6 Å². The Morgan fingerprint density at radius 1 is 1.30 bits per heavy atom. The lowest BCUT2D eigenvalue weighted by molar-refractivity contribution is 0.181. The molecule has 0 saturated heterocycles. The van der Waals surface area contributed by atoms with Crippen molar-refractivity contribution in [1.82, 2.24) is 10.3 Å². The molecule has 0 aliphatic heterocycles. The van der Waals surface area contributed by atoms with Gasteiger partial charge in [0.25, 0.3) is 0 Å². The quantitative estimate of drug-likeness (QED) is 0.729. The third kappa shape index (κ3) is 4.54. The van der Waals surface area contributed by atoms with Crippen molar-refractivity contribution in [3.63, 3.8) is 0 Å². The summed E-state index contributed by atoms with van der Waals surface area (Å²) in [6.45, 7) is 4.92. The van der Waals surface area contributed by atoms with Crippen molar-refractivity contribution in [3.8, 4) is 0 Å². The van der Waals surface area contributed by atoms with E-state index in [4.69, 9.17) is 9.72 Å². The van der Waals surface area contributed by atoms with Gasteiger partial charge in [-0.15, -0.1) is 11.3 Å². The Hall–Kier alpha value is -0.450. The topological polar surface area (TPSA) is 34.2 Å². The van der Waals surface area contributed by atoms with Gasteiger partial charge >= 0.3 is 0 Å². The van der Waals surface area contributed by atoms with Gasteiger partial charge in [-0.1, -0.05) is 32.6 Å². The van der Waals surface area contributed by atoms with Gasteiger partial charge in [-0.3, -0.25) is 0 Å². The number of rotatable bonds is 8. The lowest BCUT2D eigenvalue weighted by atomic mass is 9.90. The van der Waals surface area contributed by atoms with E-state index < -0.39 is 0 Å². The van der Waals surface area contributed by atoms with Crippen LogP contribution in [0.4, 0.5) is 0 Å². The van der Waals surface area contributed by atoms with Crippen LogP contribution < -0.4 is 5.32 Å². The second-order valence-electron chi connectivity index (χ2n) is 5.72. The van der Waals surface area contributed by atoms with Crippen LogP contribution >= 0.6 is 11.3 Å². The van der Waals surface area contributed by atoms with Crippen LogP contribution in [0.25, 0.3) is 0 Å². The average Bonchev–Trinajstić information content (AvgIpc) is 2.88. The lowest BCUT2D eigenvalue weighted by Gasteiger charge is -2.18. The van der Waals surface area contributed by atoms with Gasteiger partial charge in [0.2, 0.25) is 0 Å². The van der Waals surface area contributed by atoms with Crippen LogP contribution in [0.1, 0.15) is 73.4 Å². The first-order valence-electron chi connectivity index (χ1n) is 8.03. The number of nitrogens with zero attached hydrogens (tertiary/aromatic N) is 1. The molecular weight excluding hydrogens is 268 g/mol. The van der Waals surface area contributed by atoms with Gasteiger partial charge in [-0.25, -0.2) is 4.98 Å². The third-order valence-electron chi connectivity index (χ3n) is 4.02. The van der Waals surface area contributed by atoms with Crippen LogP contribution in [0.5, 0.6) is 0 Å². The van der Waals surface area contributed by atoms with E-state index in [9.17, 15) is 0 Å². The highest BCUT2D eigenvalue weighted by Gasteiger charge is 2.21. The summed E-state index contributed by atoms with van der Waals surface area (Å²) in [5.74, 6) is 0.703. The van der Waals surface area contributed by atoms with E-state index in [1.54, 1.807) is 7.11 Å². The normalized spacial score (nSPS) is 16.7. The number of unbranched alkanes of at least 4 members (excludes halogenated alkanes) is 1. The molecule has 1 aliphatic rings. The Morgan fingerprint density at radius 2 is 2.10 bits per heavy atom. The summed E-state index contributed by atoms with van der Waals surface area (Å²) < 4.78 is 5.31. The van der Waals surface area contributed by atoms with Crippen molar-refractivity contribution >= 4 is 11.3 Å². The van der Waals surface area contributed by atoms with Crippen LogP contribution in [0.15, 0.2) is 0 Å². The Kier molecular flexibility index (Phi) is 6.97. The number of methoxy groups -OCH3 is 1. The van der Waals surface area contributed by atoms with E-state index in [1.807, 2.05) is 11.3 Å². The monoisotopic (exact) mass is 296 g/mol. The standard InChI is InChI=1S/C16H28N2OS/c1-3-4-10-17-11-15-14(12-19-2)18-16(20-15)13-8-6-5-7-9-13/h13,17H,3-12H2,1-2H3. The zero-order valence-corrected chi connectivity index (χ0v) is 13.7. The Morgan fingerprint density at radius 3 is 2.80 bits per heavy atom. The summed E-state index contributed by atoms with van der Waals surface area (Å²) in [4.78, 5) is 6.25. The minimum absolute atomic E-state index is 0.647. The van der Waals surface area contributed by atoms with Crippen molar-refractivity contribution < 1.29 is 4.74 Å². The van der Waals surface area contributed by atoms with E-state index in [1.165, 1.54) is 54.8 Å². The minimum Gasteiger partial charge on any atom is -0.378 e. The summed E-state index contributed by atoms with van der Waals surface area (Å²) in [5.41, 5.74) is 1.15. The maximum atomic E-state index is 5.31. The molecule has 1 N–H and O–H groups in total. The molecule has 0 amide bonds. The summed E-state index contributed by atoms with van der Waals surface area (Å²) in [7, 11) is 1.76. The van der Waals surface area contributed by atoms with E-state index in [2.05, 4.69) is 12.2 Å². The number of hydrogen-bond donors (Lipinski definition) is 1. The molecule has 3 nitrogen and oxygen atoms in total. The number of aromatic nitrogens is 1. The van der Waals surface area contributed by atoms with Crippen molar-refractivity contribution in [1.29, 1.82) is 0 Å². The fourth-order valence-electron chi connectivity index (χ4n) is 2.82. The van der Waals surface area contributed by atoms with Gasteiger partial charge in [-0.2, -0.15) is 0 Å². The van der Waals surface area contributed by atoms with Crippen LogP contribution in [-0.2, 0) is 17.9 Å². The number of ether oxygens (including phenoxy) is 1. The van der Waals surface area contributed by atoms with Crippen LogP contribution in [0.3, 0.4) is 0 Å². The zero-order valence-electron chi connectivity index (χ0n) is 12.9. The largest absolute Gasteiger partial charge is 0.378 e. The molecule has 0 bridgehead atoms. The molecule has 1 aliphatic carbocycles. The van der Waals surface area contributed by atoms with E-state index in [0.717, 1.165) is 18.8 Å². The summed E-state index contributed by atoms with van der Waals surface area (Å²) in [5, 5.41) is 4.88. The highest BCUT2D eigenvalue weighted by atomic mass is 32.1. The second-order valence-corrected chi connectivity index (χ2v) is 6.84. The highest BCUT2D eigenvalue weighted by molar-refractivity contribution is 7.11. The molecular formula is C16H28N2OS. The number of thiazole rings is 1. The van der Waals surface area contributed by atoms with Crippen LogP contribution in [0.2, 0.25) is 0 Å². The van der Waals surface area contributed by atoms with Crippen molar-refractivity contribution in [3.05, 3.63) is 15.6 Å². The summed E-state index contributed by atoms with van der Waals surface area (Å²) in [6.07, 6.45) is 9.27. The summed E-state index contributed by atoms with van der Waals surface area (Å²) >= 11 is 1.91. The fourth-order valence-corrected chi connectivity index (χ4v) is 4.03. The van der Waals surface area contributed by atoms with E-state index in [-0.39, 0.29) is 0 Å². The molecule has 1 saturated carbocycles. The van der Waals surface area contributed by atoms with Crippen molar-refractivity contribution in [2.45, 2.75) is 70.9 Å². The molecule has 1 fully saturated rings. The molecule has 2 rings (SSSR count). The van der Waals surface area contributed by atoms with Gasteiger partial charge in [0.1, 0.15) is 0 Å². The number of nitrogens with one attached hydrogen (secondary N) is 1. The molecule has 1 aromatic rings. The molecule has 0 spiro atoms. The Labute approximate surface area is 127 Å². The van der Waals surface area contributed by atoms with Gasteiger partial charge in [-0.05, 0) is 25.8 Å². The molecule has 0 aromatic carbocycles. The third-order valence-corrected chi connectivity index (χ3v) is 5.28. The zero-order chi connectivity index (χ0) is 14.2. The smallest absolute Gasteiger partial charge is 0.0963 e. The summed E-state index contributed by atoms with van der Waals surface area (Å²) in [6, 6.07) is 0. The van der Waals surface area contributed by atoms with Gasteiger partial charge in [0.05, 0.1) is 17.3 Å². The Balaban J connectivity index is 1.98. The fraction of sp³-hybridized carbons (Fsp3) is 0.812. The van der Waals surface area contributed by atoms with E-state index in [0.29, 0.717) is 12.5 Å². The van der Waals surface area contributed by atoms with E-state index >= 15 is 0 Å². The minimum atomic E-state index is 0.647. The molecule has 0 radical (unpaired) electrons. The molecule has 114 valence electrons. The first-order valence-corrected chi connectivity index (χ1v) is 8.85. The molecule has 0 unspecified atom stereocenters. The number of hydrogen-bond acceptors (Lipinski definition) is 4. The van der Waals surface area contributed by atoms with Gasteiger partial charge in [0, 0.05) is 24.4 Å². The second kappa shape index (κ2) is 8.75. The predicted molar refractivity (Wildman–Crippen MR) is 85.3 cm³/mol. The molecule has 0 atom stereocenters. The first-order chi connectivity index (χ1) is 9.85. The van der Waals surface area contributed by atoms with Gasteiger partial charge in [0.15, 0.2) is 0 Å². The first kappa shape index (κ1) is 15.9.